The molecule has 0 N–H and O–H groups in total. The summed E-state index contributed by atoms with van der Waals surface area (Å²) in [5, 5.41) is 7.91. The molecule has 0 saturated heterocycles. The first-order valence-electron chi connectivity index (χ1n) is 14.9. The van der Waals surface area contributed by atoms with Gasteiger partial charge in [0.15, 0.2) is 0 Å². The summed E-state index contributed by atoms with van der Waals surface area (Å²) in [6, 6.07) is 47.2. The summed E-state index contributed by atoms with van der Waals surface area (Å²) in [5.74, 6) is 0. The molecule has 0 unspecified atom stereocenters. The number of nitrogens with zero attached hydrogens (tertiary/aromatic N) is 1. The standard InChI is InChI=1S/C41H33N/c1-26-22-38-33-20-18-29(24-36(33)27(2)23-37(38)32-15-9-8-14-31(26)32)42(28-12-6-5-7-13-28)30-19-21-35-34-16-10-11-17-39(34)41(3,4)40(35)25-30/h5-25H,1-4H3. The van der Waals surface area contributed by atoms with Gasteiger partial charge < -0.3 is 4.90 Å². The summed E-state index contributed by atoms with van der Waals surface area (Å²) in [5.41, 5.74) is 11.6. The van der Waals surface area contributed by atoms with Crippen molar-refractivity contribution in [3.8, 4) is 11.1 Å². The van der Waals surface area contributed by atoms with Crippen LogP contribution < -0.4 is 4.90 Å². The Morgan fingerprint density at radius 3 is 1.76 bits per heavy atom. The highest BCUT2D eigenvalue weighted by Gasteiger charge is 2.35. The van der Waals surface area contributed by atoms with E-state index in [1.165, 1.54) is 77.1 Å². The Morgan fingerprint density at radius 1 is 0.405 bits per heavy atom. The summed E-state index contributed by atoms with van der Waals surface area (Å²) in [4.78, 5) is 2.41. The summed E-state index contributed by atoms with van der Waals surface area (Å²) in [7, 11) is 0. The van der Waals surface area contributed by atoms with E-state index in [0.717, 1.165) is 5.69 Å². The van der Waals surface area contributed by atoms with Gasteiger partial charge in [-0.05, 0) is 116 Å². The van der Waals surface area contributed by atoms with Gasteiger partial charge in [-0.3, -0.25) is 0 Å². The molecule has 0 aromatic heterocycles. The van der Waals surface area contributed by atoms with E-state index in [0.29, 0.717) is 0 Å². The molecule has 202 valence electrons. The first-order chi connectivity index (χ1) is 20.4. The van der Waals surface area contributed by atoms with Gasteiger partial charge in [-0.1, -0.05) is 105 Å². The molecule has 0 bridgehead atoms. The second-order valence-electron chi connectivity index (χ2n) is 12.3. The van der Waals surface area contributed by atoms with Crippen molar-refractivity contribution in [2.45, 2.75) is 33.1 Å². The Balaban J connectivity index is 1.34. The van der Waals surface area contributed by atoms with Crippen LogP contribution in [0.15, 0.2) is 127 Å². The van der Waals surface area contributed by atoms with Crippen molar-refractivity contribution in [1.82, 2.24) is 0 Å². The Labute approximate surface area is 247 Å². The molecule has 7 aromatic carbocycles. The first kappa shape index (κ1) is 24.9. The lowest BCUT2D eigenvalue weighted by Gasteiger charge is -2.28. The van der Waals surface area contributed by atoms with Gasteiger partial charge in [0.05, 0.1) is 0 Å². The molecule has 0 amide bonds. The maximum absolute atomic E-state index is 2.41. The average molecular weight is 540 g/mol. The van der Waals surface area contributed by atoms with Gasteiger partial charge in [-0.25, -0.2) is 0 Å². The molecule has 0 atom stereocenters. The Kier molecular flexibility index (Phi) is 5.37. The van der Waals surface area contributed by atoms with Crippen LogP contribution in [0.3, 0.4) is 0 Å². The second kappa shape index (κ2) is 9.06. The number of rotatable bonds is 3. The van der Waals surface area contributed by atoms with Crippen molar-refractivity contribution >= 4 is 49.4 Å². The van der Waals surface area contributed by atoms with Crippen LogP contribution in [-0.4, -0.2) is 0 Å². The molecule has 0 spiro atoms. The molecular weight excluding hydrogens is 506 g/mol. The molecule has 1 aliphatic rings. The van der Waals surface area contributed by atoms with E-state index in [-0.39, 0.29) is 5.41 Å². The van der Waals surface area contributed by atoms with Crippen LogP contribution in [0.1, 0.15) is 36.1 Å². The van der Waals surface area contributed by atoms with E-state index in [9.17, 15) is 0 Å². The zero-order valence-corrected chi connectivity index (χ0v) is 24.6. The largest absolute Gasteiger partial charge is 0.310 e. The van der Waals surface area contributed by atoms with Crippen molar-refractivity contribution in [3.63, 3.8) is 0 Å². The summed E-state index contributed by atoms with van der Waals surface area (Å²) in [6.07, 6.45) is 0. The fraction of sp³-hybridized carbons (Fsp3) is 0.122. The minimum absolute atomic E-state index is 0.0518. The average Bonchev–Trinajstić information content (AvgIpc) is 3.25. The predicted octanol–water partition coefficient (Wildman–Crippen LogP) is 11.5. The maximum atomic E-state index is 2.41. The van der Waals surface area contributed by atoms with Crippen LogP contribution in [0.4, 0.5) is 17.1 Å². The van der Waals surface area contributed by atoms with Gasteiger partial charge in [0.25, 0.3) is 0 Å². The topological polar surface area (TPSA) is 3.24 Å². The van der Waals surface area contributed by atoms with Crippen molar-refractivity contribution in [1.29, 1.82) is 0 Å². The summed E-state index contributed by atoms with van der Waals surface area (Å²) >= 11 is 0. The number of anilines is 3. The minimum atomic E-state index is -0.0518. The molecule has 0 saturated carbocycles. The van der Waals surface area contributed by atoms with Crippen molar-refractivity contribution in [3.05, 3.63) is 150 Å². The van der Waals surface area contributed by atoms with Crippen molar-refractivity contribution in [2.24, 2.45) is 0 Å². The Hall–Kier alpha value is -4.88. The normalized spacial score (nSPS) is 13.4. The molecule has 42 heavy (non-hydrogen) atoms. The molecule has 1 aliphatic carbocycles. The monoisotopic (exact) mass is 539 g/mol. The van der Waals surface area contributed by atoms with Gasteiger partial charge >= 0.3 is 0 Å². The van der Waals surface area contributed by atoms with E-state index in [4.69, 9.17) is 0 Å². The molecule has 1 heteroatoms. The molecule has 0 radical (unpaired) electrons. The summed E-state index contributed by atoms with van der Waals surface area (Å²) in [6.45, 7) is 9.18. The third-order valence-corrected chi connectivity index (χ3v) is 9.47. The highest BCUT2D eigenvalue weighted by molar-refractivity contribution is 6.19. The predicted molar refractivity (Wildman–Crippen MR) is 181 cm³/mol. The van der Waals surface area contributed by atoms with E-state index in [2.05, 4.69) is 160 Å². The van der Waals surface area contributed by atoms with Gasteiger partial charge in [-0.2, -0.15) is 0 Å². The molecule has 0 heterocycles. The molecular formula is C41H33N. The molecule has 1 nitrogen and oxygen atoms in total. The number of hydrogen-bond acceptors (Lipinski definition) is 1. The van der Waals surface area contributed by atoms with E-state index in [1.807, 2.05) is 0 Å². The molecule has 8 rings (SSSR count). The van der Waals surface area contributed by atoms with E-state index in [1.54, 1.807) is 0 Å². The number of aryl methyl sites for hydroxylation is 2. The maximum Gasteiger partial charge on any atom is 0.0468 e. The van der Waals surface area contributed by atoms with E-state index >= 15 is 0 Å². The third-order valence-electron chi connectivity index (χ3n) is 9.47. The first-order valence-corrected chi connectivity index (χ1v) is 14.9. The lowest BCUT2D eigenvalue weighted by molar-refractivity contribution is 0.660. The van der Waals surface area contributed by atoms with Crippen LogP contribution in [0.5, 0.6) is 0 Å². The van der Waals surface area contributed by atoms with Crippen molar-refractivity contribution in [2.75, 3.05) is 4.90 Å². The van der Waals surface area contributed by atoms with Crippen LogP contribution in [0, 0.1) is 13.8 Å². The van der Waals surface area contributed by atoms with Gasteiger partial charge in [0.2, 0.25) is 0 Å². The minimum Gasteiger partial charge on any atom is -0.310 e. The zero-order valence-electron chi connectivity index (χ0n) is 24.6. The number of para-hydroxylation sites is 1. The van der Waals surface area contributed by atoms with Crippen LogP contribution in [-0.2, 0) is 5.41 Å². The van der Waals surface area contributed by atoms with Crippen LogP contribution in [0.25, 0.3) is 43.4 Å². The number of hydrogen-bond donors (Lipinski definition) is 0. The van der Waals surface area contributed by atoms with Gasteiger partial charge in [0, 0.05) is 22.5 Å². The lowest BCUT2D eigenvalue weighted by Crippen LogP contribution is -2.16. The van der Waals surface area contributed by atoms with Crippen molar-refractivity contribution < 1.29 is 0 Å². The SMILES string of the molecule is Cc1cc2c3ccc(N(c4ccccc4)c4ccc5c(c4)C(C)(C)c4ccccc4-5)cc3c(C)cc2c2ccccc12. The smallest absolute Gasteiger partial charge is 0.0468 e. The molecule has 0 aliphatic heterocycles. The number of fused-ring (bicyclic) bond motifs is 8. The Morgan fingerprint density at radius 2 is 0.976 bits per heavy atom. The lowest BCUT2D eigenvalue weighted by atomic mass is 9.82. The summed E-state index contributed by atoms with van der Waals surface area (Å²) < 4.78 is 0. The van der Waals surface area contributed by atoms with E-state index < -0.39 is 0 Å². The fourth-order valence-corrected chi connectivity index (χ4v) is 7.34. The van der Waals surface area contributed by atoms with Gasteiger partial charge in [0.1, 0.15) is 0 Å². The van der Waals surface area contributed by atoms with Gasteiger partial charge in [-0.15, -0.1) is 0 Å². The second-order valence-corrected chi connectivity index (χ2v) is 12.3. The van der Waals surface area contributed by atoms with Crippen LogP contribution >= 0.6 is 0 Å². The Bertz CT molecular complexity index is 2190. The zero-order chi connectivity index (χ0) is 28.6. The van der Waals surface area contributed by atoms with Crippen LogP contribution in [0.2, 0.25) is 0 Å². The molecule has 0 fully saturated rings. The molecule has 7 aromatic rings. The highest BCUT2D eigenvalue weighted by atomic mass is 15.1. The number of benzene rings is 7. The third kappa shape index (κ3) is 3.56. The highest BCUT2D eigenvalue weighted by Crippen LogP contribution is 2.50. The fourth-order valence-electron chi connectivity index (χ4n) is 7.34. The quantitative estimate of drug-likeness (QED) is 0.202.